The van der Waals surface area contributed by atoms with E-state index in [-0.39, 0.29) is 11.9 Å². The van der Waals surface area contributed by atoms with E-state index in [4.69, 9.17) is 21.9 Å². The zero-order chi connectivity index (χ0) is 14.1. The minimum absolute atomic E-state index is 0.0478. The van der Waals surface area contributed by atoms with Crippen LogP contribution in [0.3, 0.4) is 0 Å². The highest BCUT2D eigenvalue weighted by molar-refractivity contribution is 7.10. The number of nitrogens with two attached hydrogens (primary N) is 1. The predicted octanol–water partition coefficient (Wildman–Crippen LogP) is 1.01. The lowest BCUT2D eigenvalue weighted by Gasteiger charge is -2.19. The van der Waals surface area contributed by atoms with E-state index in [9.17, 15) is 4.79 Å². The van der Waals surface area contributed by atoms with Crippen LogP contribution >= 0.6 is 23.1 Å². The summed E-state index contributed by atoms with van der Waals surface area (Å²) in [6.45, 7) is 1.43. The van der Waals surface area contributed by atoms with E-state index < -0.39 is 5.91 Å². The molecule has 1 unspecified atom stereocenters. The van der Waals surface area contributed by atoms with Gasteiger partial charge in [-0.05, 0) is 19.4 Å². The molecule has 0 radical (unpaired) electrons. The highest BCUT2D eigenvalue weighted by Crippen LogP contribution is 2.33. The summed E-state index contributed by atoms with van der Waals surface area (Å²) in [4.78, 5) is 17.2. The largest absolute Gasteiger partial charge is 0.363 e. The fourth-order valence-electron chi connectivity index (χ4n) is 2.25. The highest BCUT2D eigenvalue weighted by Gasteiger charge is 2.32. The van der Waals surface area contributed by atoms with Crippen molar-refractivity contribution in [2.75, 3.05) is 6.54 Å². The summed E-state index contributed by atoms with van der Waals surface area (Å²) in [7, 11) is 0. The molecule has 2 aromatic rings. The van der Waals surface area contributed by atoms with Gasteiger partial charge in [0.25, 0.3) is 11.7 Å². The smallest absolute Gasteiger partial charge is 0.290 e. The monoisotopic (exact) mass is 314 g/mol. The van der Waals surface area contributed by atoms with Gasteiger partial charge in [0, 0.05) is 18.1 Å². The highest BCUT2D eigenvalue weighted by atomic mass is 35.5. The summed E-state index contributed by atoms with van der Waals surface area (Å²) in [5.74, 6) is -0.396. The maximum atomic E-state index is 11.0. The second-order valence-electron chi connectivity index (χ2n) is 4.44. The summed E-state index contributed by atoms with van der Waals surface area (Å²) in [5.41, 5.74) is 5.85. The summed E-state index contributed by atoms with van der Waals surface area (Å²) in [6.07, 6.45) is 1.86. The second kappa shape index (κ2) is 5.43. The first kappa shape index (κ1) is 13.4. The van der Waals surface area contributed by atoms with Crippen molar-refractivity contribution in [3.8, 4) is 0 Å². The van der Waals surface area contributed by atoms with Gasteiger partial charge in [-0.15, -0.1) is 5.10 Å². The average Bonchev–Trinajstić information content (AvgIpc) is 3.11. The Balaban J connectivity index is 1.78. The number of halogens is 1. The topological polar surface area (TPSA) is 111 Å². The van der Waals surface area contributed by atoms with Crippen LogP contribution in [0.25, 0.3) is 0 Å². The number of aromatic nitrogens is 4. The van der Waals surface area contributed by atoms with Gasteiger partial charge in [0.1, 0.15) is 10.0 Å². The van der Waals surface area contributed by atoms with E-state index in [0.29, 0.717) is 16.8 Å². The lowest BCUT2D eigenvalue weighted by atomic mass is 10.2. The van der Waals surface area contributed by atoms with Crippen LogP contribution < -0.4 is 5.73 Å². The molecule has 2 aromatic heterocycles. The van der Waals surface area contributed by atoms with Crippen LogP contribution in [0.4, 0.5) is 0 Å². The van der Waals surface area contributed by atoms with E-state index in [0.717, 1.165) is 36.6 Å². The molecule has 0 aromatic carbocycles. The van der Waals surface area contributed by atoms with Gasteiger partial charge in [-0.1, -0.05) is 21.2 Å². The van der Waals surface area contributed by atoms with E-state index in [1.54, 1.807) is 0 Å². The van der Waals surface area contributed by atoms with Gasteiger partial charge >= 0.3 is 0 Å². The molecule has 0 saturated carbocycles. The lowest BCUT2D eigenvalue weighted by molar-refractivity contribution is 0.0987. The first-order valence-electron chi connectivity index (χ1n) is 5.99. The molecule has 3 heterocycles. The molecule has 1 fully saturated rings. The second-order valence-corrected chi connectivity index (χ2v) is 5.80. The molecular formula is C10H11ClN6O2S. The average molecular weight is 315 g/mol. The van der Waals surface area contributed by atoms with Crippen LogP contribution in [0.2, 0.25) is 4.34 Å². The Bertz CT molecular complexity index is 629. The summed E-state index contributed by atoms with van der Waals surface area (Å²) in [6, 6.07) is -0.0478. The quantitative estimate of drug-likeness (QED) is 0.896. The van der Waals surface area contributed by atoms with E-state index in [1.165, 1.54) is 0 Å². The van der Waals surface area contributed by atoms with E-state index in [1.807, 2.05) is 0 Å². The van der Waals surface area contributed by atoms with Gasteiger partial charge < -0.3 is 10.3 Å². The Hall–Kier alpha value is -1.58. The fourth-order valence-corrected chi connectivity index (χ4v) is 2.86. The molecule has 10 heteroatoms. The van der Waals surface area contributed by atoms with Crippen LogP contribution in [0.1, 0.15) is 41.1 Å². The van der Waals surface area contributed by atoms with Crippen molar-refractivity contribution in [1.82, 2.24) is 24.6 Å². The fraction of sp³-hybridized carbons (Fsp3) is 0.500. The molecule has 106 valence electrons. The van der Waals surface area contributed by atoms with Crippen LogP contribution in [-0.2, 0) is 6.54 Å². The number of likely N-dealkylation sites (tertiary alicyclic amines) is 1. The summed E-state index contributed by atoms with van der Waals surface area (Å²) in [5, 5.41) is 7.56. The van der Waals surface area contributed by atoms with Crippen molar-refractivity contribution >= 4 is 29.0 Å². The number of carbonyl (C=O) groups is 1. The van der Waals surface area contributed by atoms with Crippen LogP contribution in [0.15, 0.2) is 4.52 Å². The van der Waals surface area contributed by atoms with Crippen LogP contribution in [-0.4, -0.2) is 37.1 Å². The number of amides is 1. The van der Waals surface area contributed by atoms with Gasteiger partial charge in [-0.2, -0.15) is 4.98 Å². The molecule has 3 rings (SSSR count). The molecule has 1 amide bonds. The van der Waals surface area contributed by atoms with Gasteiger partial charge in [-0.3, -0.25) is 9.69 Å². The zero-order valence-corrected chi connectivity index (χ0v) is 11.9. The van der Waals surface area contributed by atoms with Gasteiger partial charge in [0.05, 0.1) is 6.04 Å². The Labute approximate surface area is 123 Å². The molecule has 1 atom stereocenters. The third kappa shape index (κ3) is 2.51. The van der Waals surface area contributed by atoms with Gasteiger partial charge in [0.2, 0.25) is 5.89 Å². The minimum Gasteiger partial charge on any atom is -0.363 e. The van der Waals surface area contributed by atoms with E-state index >= 15 is 0 Å². The molecule has 8 nitrogen and oxygen atoms in total. The normalized spacial score (nSPS) is 19.6. The summed E-state index contributed by atoms with van der Waals surface area (Å²) < 4.78 is 9.51. The number of carbonyl (C=O) groups excluding carboxylic acids is 1. The lowest BCUT2D eigenvalue weighted by Crippen LogP contribution is -2.23. The Kier molecular flexibility index (Phi) is 3.64. The first-order valence-corrected chi connectivity index (χ1v) is 7.14. The molecule has 1 saturated heterocycles. The molecular weight excluding hydrogens is 304 g/mol. The maximum Gasteiger partial charge on any atom is 0.290 e. The Morgan fingerprint density at radius 3 is 3.10 bits per heavy atom. The molecule has 1 aliphatic rings. The third-order valence-corrected chi connectivity index (χ3v) is 4.16. The number of nitrogens with zero attached hydrogens (tertiary/aromatic N) is 5. The first-order chi connectivity index (χ1) is 9.65. The predicted molar refractivity (Wildman–Crippen MR) is 70.1 cm³/mol. The molecule has 1 aliphatic heterocycles. The summed E-state index contributed by atoms with van der Waals surface area (Å²) >= 11 is 7.17. The SMILES string of the molecule is NC(=O)c1noc(C2CCCN2Cc2nnsc2Cl)n1. The molecule has 2 N–H and O–H groups in total. The van der Waals surface area contributed by atoms with Crippen molar-refractivity contribution in [1.29, 1.82) is 0 Å². The van der Waals surface area contributed by atoms with Crippen molar-refractivity contribution in [2.45, 2.75) is 25.4 Å². The molecule has 0 aliphatic carbocycles. The van der Waals surface area contributed by atoms with Crippen molar-refractivity contribution < 1.29 is 9.32 Å². The molecule has 0 bridgehead atoms. The van der Waals surface area contributed by atoms with Gasteiger partial charge in [-0.25, -0.2) is 0 Å². The maximum absolute atomic E-state index is 11.0. The standard InChI is InChI=1S/C10H11ClN6O2S/c11-7-5(14-16-20-7)4-17-3-1-2-6(17)10-13-9(8(12)18)15-19-10/h6H,1-4H2,(H2,12,18). The van der Waals surface area contributed by atoms with Gasteiger partial charge in [0.15, 0.2) is 0 Å². The van der Waals surface area contributed by atoms with Crippen molar-refractivity contribution in [3.05, 3.63) is 21.7 Å². The Morgan fingerprint density at radius 2 is 2.45 bits per heavy atom. The minimum atomic E-state index is -0.698. The third-order valence-electron chi connectivity index (χ3n) is 3.17. The Morgan fingerprint density at radius 1 is 1.60 bits per heavy atom. The number of primary amides is 1. The van der Waals surface area contributed by atoms with E-state index in [2.05, 4.69) is 24.6 Å². The molecule has 20 heavy (non-hydrogen) atoms. The van der Waals surface area contributed by atoms with Crippen LogP contribution in [0, 0.1) is 0 Å². The van der Waals surface area contributed by atoms with Crippen molar-refractivity contribution in [2.24, 2.45) is 5.73 Å². The van der Waals surface area contributed by atoms with Crippen LogP contribution in [0.5, 0.6) is 0 Å². The zero-order valence-electron chi connectivity index (χ0n) is 10.3. The number of rotatable bonds is 4. The number of hydrogen-bond donors (Lipinski definition) is 1. The molecule has 0 spiro atoms. The van der Waals surface area contributed by atoms with Crippen molar-refractivity contribution in [3.63, 3.8) is 0 Å². The number of hydrogen-bond acceptors (Lipinski definition) is 8.